The number of fused-ring (bicyclic) bond motifs is 1. The number of halogens is 2. The van der Waals surface area contributed by atoms with Crippen LogP contribution in [0.1, 0.15) is 11.3 Å². The van der Waals surface area contributed by atoms with Gasteiger partial charge in [0.25, 0.3) is 5.56 Å². The number of aromatic amines is 1. The summed E-state index contributed by atoms with van der Waals surface area (Å²) in [6.45, 7) is 1.36. The van der Waals surface area contributed by atoms with Gasteiger partial charge in [0, 0.05) is 25.1 Å². The summed E-state index contributed by atoms with van der Waals surface area (Å²) in [4.78, 5) is 19.2. The molecular formula is C13H11BrFN3O. The number of benzene rings is 1. The Balaban J connectivity index is 2.12. The lowest BCUT2D eigenvalue weighted by molar-refractivity contribution is 0.619. The molecule has 0 saturated heterocycles. The number of rotatable bonds is 1. The van der Waals surface area contributed by atoms with Crippen molar-refractivity contribution in [2.45, 2.75) is 13.0 Å². The van der Waals surface area contributed by atoms with Crippen LogP contribution in [0.2, 0.25) is 0 Å². The summed E-state index contributed by atoms with van der Waals surface area (Å²) < 4.78 is 13.6. The van der Waals surface area contributed by atoms with Crippen molar-refractivity contribution < 1.29 is 4.39 Å². The Hall–Kier alpha value is -1.53. The minimum Gasteiger partial charge on any atom is -0.312 e. The van der Waals surface area contributed by atoms with Gasteiger partial charge in [0.05, 0.1) is 15.7 Å². The van der Waals surface area contributed by atoms with Crippen molar-refractivity contribution in [1.82, 2.24) is 15.3 Å². The monoisotopic (exact) mass is 323 g/mol. The van der Waals surface area contributed by atoms with Crippen LogP contribution < -0.4 is 10.9 Å². The average Bonchev–Trinajstić information content (AvgIpc) is 2.42. The maximum absolute atomic E-state index is 13.2. The molecule has 98 valence electrons. The quantitative estimate of drug-likeness (QED) is 0.843. The summed E-state index contributed by atoms with van der Waals surface area (Å²) in [5.74, 6) is 0.139. The fourth-order valence-electron chi connectivity index (χ4n) is 2.13. The van der Waals surface area contributed by atoms with Crippen LogP contribution in [0.5, 0.6) is 0 Å². The Morgan fingerprint density at radius 3 is 3.00 bits per heavy atom. The van der Waals surface area contributed by atoms with E-state index in [4.69, 9.17) is 0 Å². The van der Waals surface area contributed by atoms with Crippen molar-refractivity contribution in [2.75, 3.05) is 6.54 Å². The Bertz CT molecular complexity index is 699. The maximum atomic E-state index is 13.2. The minimum atomic E-state index is -0.340. The van der Waals surface area contributed by atoms with Gasteiger partial charge in [-0.15, -0.1) is 0 Å². The van der Waals surface area contributed by atoms with Crippen molar-refractivity contribution in [3.8, 4) is 11.4 Å². The molecule has 1 aromatic heterocycles. The van der Waals surface area contributed by atoms with Gasteiger partial charge in [-0.1, -0.05) is 0 Å². The molecule has 0 unspecified atom stereocenters. The van der Waals surface area contributed by atoms with Gasteiger partial charge in [-0.05, 0) is 34.1 Å². The molecule has 6 heteroatoms. The van der Waals surface area contributed by atoms with Crippen LogP contribution in [-0.2, 0) is 13.0 Å². The first-order valence-electron chi connectivity index (χ1n) is 5.93. The summed E-state index contributed by atoms with van der Waals surface area (Å²) in [6, 6.07) is 4.56. The number of aromatic nitrogens is 2. The van der Waals surface area contributed by atoms with Crippen molar-refractivity contribution >= 4 is 15.9 Å². The first-order valence-corrected chi connectivity index (χ1v) is 6.72. The molecule has 3 rings (SSSR count). The van der Waals surface area contributed by atoms with E-state index in [0.29, 0.717) is 28.0 Å². The molecular weight excluding hydrogens is 313 g/mol. The lowest BCUT2D eigenvalue weighted by Gasteiger charge is -2.16. The van der Waals surface area contributed by atoms with Crippen LogP contribution >= 0.6 is 15.9 Å². The first kappa shape index (κ1) is 12.5. The second-order valence-electron chi connectivity index (χ2n) is 4.40. The topological polar surface area (TPSA) is 57.8 Å². The first-order chi connectivity index (χ1) is 9.15. The van der Waals surface area contributed by atoms with E-state index in [0.717, 1.165) is 18.7 Å². The van der Waals surface area contributed by atoms with E-state index in [1.165, 1.54) is 6.07 Å². The standard InChI is InChI=1S/C13H11BrFN3O/c14-9-5-7(1-2-10(9)15)12-17-11-3-4-16-6-8(11)13(19)18-12/h1-2,5,16H,3-4,6H2,(H,17,18,19). The normalized spacial score (nSPS) is 14.2. The van der Waals surface area contributed by atoms with Crippen LogP contribution in [0.3, 0.4) is 0 Å². The predicted octanol–water partition coefficient (Wildman–Crippen LogP) is 1.98. The molecule has 0 saturated carbocycles. The van der Waals surface area contributed by atoms with Crippen molar-refractivity contribution in [3.63, 3.8) is 0 Å². The molecule has 2 aromatic rings. The van der Waals surface area contributed by atoms with Gasteiger partial charge in [-0.25, -0.2) is 9.37 Å². The molecule has 2 heterocycles. The smallest absolute Gasteiger partial charge is 0.255 e. The van der Waals surface area contributed by atoms with Crippen LogP contribution in [-0.4, -0.2) is 16.5 Å². The van der Waals surface area contributed by atoms with Crippen molar-refractivity contribution in [3.05, 3.63) is 50.1 Å². The van der Waals surface area contributed by atoms with Gasteiger partial charge in [-0.2, -0.15) is 0 Å². The molecule has 1 aromatic carbocycles. The van der Waals surface area contributed by atoms with Gasteiger partial charge in [0.15, 0.2) is 0 Å². The van der Waals surface area contributed by atoms with E-state index in [1.54, 1.807) is 12.1 Å². The Morgan fingerprint density at radius 1 is 1.37 bits per heavy atom. The molecule has 4 nitrogen and oxygen atoms in total. The van der Waals surface area contributed by atoms with Crippen molar-refractivity contribution in [2.24, 2.45) is 0 Å². The molecule has 19 heavy (non-hydrogen) atoms. The third-order valence-electron chi connectivity index (χ3n) is 3.13. The molecule has 0 atom stereocenters. The van der Waals surface area contributed by atoms with E-state index in [-0.39, 0.29) is 11.4 Å². The van der Waals surface area contributed by atoms with E-state index in [9.17, 15) is 9.18 Å². The molecule has 2 N–H and O–H groups in total. The maximum Gasteiger partial charge on any atom is 0.255 e. The molecule has 0 amide bonds. The van der Waals surface area contributed by atoms with Gasteiger partial charge >= 0.3 is 0 Å². The van der Waals surface area contributed by atoms with E-state index in [2.05, 4.69) is 31.2 Å². The zero-order chi connectivity index (χ0) is 13.4. The summed E-state index contributed by atoms with van der Waals surface area (Å²) in [7, 11) is 0. The zero-order valence-corrected chi connectivity index (χ0v) is 11.6. The molecule has 0 spiro atoms. The molecule has 1 aliphatic heterocycles. The van der Waals surface area contributed by atoms with E-state index in [1.807, 2.05) is 0 Å². The summed E-state index contributed by atoms with van der Waals surface area (Å²) in [6.07, 6.45) is 0.731. The third-order valence-corrected chi connectivity index (χ3v) is 3.74. The number of nitrogens with zero attached hydrogens (tertiary/aromatic N) is 1. The van der Waals surface area contributed by atoms with E-state index >= 15 is 0 Å². The largest absolute Gasteiger partial charge is 0.312 e. The number of hydrogen-bond donors (Lipinski definition) is 2. The van der Waals surface area contributed by atoms with Crippen molar-refractivity contribution in [1.29, 1.82) is 0 Å². The lowest BCUT2D eigenvalue weighted by Crippen LogP contribution is -2.31. The average molecular weight is 324 g/mol. The number of nitrogens with one attached hydrogen (secondary N) is 2. The summed E-state index contributed by atoms with van der Waals surface area (Å²) in [5.41, 5.74) is 2.06. The van der Waals surface area contributed by atoms with Crippen LogP contribution in [0.4, 0.5) is 4.39 Å². The molecule has 0 fully saturated rings. The van der Waals surface area contributed by atoms with Gasteiger partial charge in [-0.3, -0.25) is 4.79 Å². The summed E-state index contributed by atoms with van der Waals surface area (Å²) in [5, 5.41) is 3.14. The van der Waals surface area contributed by atoms with Crippen LogP contribution in [0, 0.1) is 5.82 Å². The molecule has 1 aliphatic rings. The molecule has 0 radical (unpaired) electrons. The fourth-order valence-corrected chi connectivity index (χ4v) is 2.51. The highest BCUT2D eigenvalue weighted by molar-refractivity contribution is 9.10. The second kappa shape index (κ2) is 4.86. The van der Waals surface area contributed by atoms with Gasteiger partial charge in [0.2, 0.25) is 0 Å². The number of hydrogen-bond acceptors (Lipinski definition) is 3. The van der Waals surface area contributed by atoms with E-state index < -0.39 is 0 Å². The highest BCUT2D eigenvalue weighted by Crippen LogP contribution is 2.23. The van der Waals surface area contributed by atoms with Crippen LogP contribution in [0.15, 0.2) is 27.5 Å². The Kier molecular flexibility index (Phi) is 3.20. The minimum absolute atomic E-state index is 0.132. The second-order valence-corrected chi connectivity index (χ2v) is 5.25. The summed E-state index contributed by atoms with van der Waals surface area (Å²) >= 11 is 3.13. The highest BCUT2D eigenvalue weighted by Gasteiger charge is 2.16. The van der Waals surface area contributed by atoms with Gasteiger partial charge in [0.1, 0.15) is 11.6 Å². The van der Waals surface area contributed by atoms with Crippen LogP contribution in [0.25, 0.3) is 11.4 Å². The Labute approximate surface area is 117 Å². The predicted molar refractivity (Wildman–Crippen MR) is 73.4 cm³/mol. The highest BCUT2D eigenvalue weighted by atomic mass is 79.9. The zero-order valence-electron chi connectivity index (χ0n) is 9.96. The van der Waals surface area contributed by atoms with Gasteiger partial charge < -0.3 is 10.3 Å². The molecule has 0 bridgehead atoms. The fraction of sp³-hybridized carbons (Fsp3) is 0.231. The third kappa shape index (κ3) is 2.33. The SMILES string of the molecule is O=c1[nH]c(-c2ccc(F)c(Br)c2)nc2c1CNCC2. The Morgan fingerprint density at radius 2 is 2.21 bits per heavy atom. The molecule has 0 aliphatic carbocycles. The number of H-pyrrole nitrogens is 1. The lowest BCUT2D eigenvalue weighted by atomic mass is 10.1.